The zero-order valence-electron chi connectivity index (χ0n) is 10.7. The van der Waals surface area contributed by atoms with Gasteiger partial charge in [0, 0.05) is 0 Å². The Morgan fingerprint density at radius 1 is 0.450 bits per heavy atom. The normalized spacial score (nSPS) is 11.4. The molecule has 0 bridgehead atoms. The van der Waals surface area contributed by atoms with Crippen LogP contribution in [0.1, 0.15) is 0 Å². The Bertz CT molecular complexity index is 891. The molecule has 2 heteroatoms. The van der Waals surface area contributed by atoms with E-state index in [2.05, 4.69) is 12.1 Å². The van der Waals surface area contributed by atoms with Crippen LogP contribution in [0.4, 0.5) is 0 Å². The SMILES string of the molecule is Oc1cc2c3ccccc3c3ccccc3c2cc1O. The van der Waals surface area contributed by atoms with Crippen LogP contribution in [-0.2, 0) is 0 Å². The van der Waals surface area contributed by atoms with E-state index in [1.54, 1.807) is 12.1 Å². The van der Waals surface area contributed by atoms with E-state index in [1.807, 2.05) is 36.4 Å². The van der Waals surface area contributed by atoms with Gasteiger partial charge in [-0.05, 0) is 44.5 Å². The summed E-state index contributed by atoms with van der Waals surface area (Å²) < 4.78 is 0. The highest BCUT2D eigenvalue weighted by Crippen LogP contribution is 2.39. The van der Waals surface area contributed by atoms with Crippen molar-refractivity contribution in [3.05, 3.63) is 60.7 Å². The van der Waals surface area contributed by atoms with E-state index in [0.29, 0.717) is 0 Å². The van der Waals surface area contributed by atoms with E-state index < -0.39 is 0 Å². The van der Waals surface area contributed by atoms with Crippen molar-refractivity contribution in [3.63, 3.8) is 0 Å². The fraction of sp³-hybridized carbons (Fsp3) is 0. The van der Waals surface area contributed by atoms with Crippen molar-refractivity contribution in [2.24, 2.45) is 0 Å². The van der Waals surface area contributed by atoms with Crippen LogP contribution in [0.5, 0.6) is 11.5 Å². The molecule has 0 saturated heterocycles. The van der Waals surface area contributed by atoms with Crippen LogP contribution in [-0.4, -0.2) is 10.2 Å². The van der Waals surface area contributed by atoms with Crippen molar-refractivity contribution in [2.45, 2.75) is 0 Å². The molecule has 4 aromatic carbocycles. The summed E-state index contributed by atoms with van der Waals surface area (Å²) in [5.74, 6) is -0.170. The lowest BCUT2D eigenvalue weighted by Crippen LogP contribution is -1.83. The summed E-state index contributed by atoms with van der Waals surface area (Å²) in [4.78, 5) is 0. The van der Waals surface area contributed by atoms with E-state index in [9.17, 15) is 10.2 Å². The molecule has 4 aromatic rings. The Kier molecular flexibility index (Phi) is 2.15. The van der Waals surface area contributed by atoms with Crippen LogP contribution < -0.4 is 0 Å². The molecule has 0 radical (unpaired) electrons. The Morgan fingerprint density at radius 2 is 0.750 bits per heavy atom. The number of hydrogen-bond donors (Lipinski definition) is 2. The quantitative estimate of drug-likeness (QED) is 0.359. The van der Waals surface area contributed by atoms with Crippen molar-refractivity contribution >= 4 is 32.3 Å². The van der Waals surface area contributed by atoms with Gasteiger partial charge in [-0.2, -0.15) is 0 Å². The highest BCUT2D eigenvalue weighted by Gasteiger charge is 2.10. The van der Waals surface area contributed by atoms with Gasteiger partial charge >= 0.3 is 0 Å². The molecule has 0 aliphatic rings. The van der Waals surface area contributed by atoms with Gasteiger partial charge in [0.15, 0.2) is 11.5 Å². The smallest absolute Gasteiger partial charge is 0.158 e. The summed E-state index contributed by atoms with van der Waals surface area (Å²) in [6, 6.07) is 19.5. The first kappa shape index (κ1) is 11.1. The first-order valence-electron chi connectivity index (χ1n) is 6.51. The molecule has 2 nitrogen and oxygen atoms in total. The average molecular weight is 260 g/mol. The van der Waals surface area contributed by atoms with Gasteiger partial charge in [0.1, 0.15) is 0 Å². The Hall–Kier alpha value is -2.74. The first-order valence-corrected chi connectivity index (χ1v) is 6.51. The number of aromatic hydroxyl groups is 2. The van der Waals surface area contributed by atoms with Gasteiger partial charge in [0.2, 0.25) is 0 Å². The second-order valence-electron chi connectivity index (χ2n) is 4.98. The molecule has 0 fully saturated rings. The van der Waals surface area contributed by atoms with Crippen molar-refractivity contribution in [2.75, 3.05) is 0 Å². The molecule has 0 aromatic heterocycles. The number of benzene rings is 4. The minimum atomic E-state index is -0.0852. The third kappa shape index (κ3) is 1.39. The summed E-state index contributed by atoms with van der Waals surface area (Å²) in [7, 11) is 0. The minimum absolute atomic E-state index is 0.0852. The van der Waals surface area contributed by atoms with Crippen molar-refractivity contribution in [3.8, 4) is 11.5 Å². The van der Waals surface area contributed by atoms with Gasteiger partial charge in [-0.3, -0.25) is 0 Å². The van der Waals surface area contributed by atoms with Crippen molar-refractivity contribution in [1.29, 1.82) is 0 Å². The second kappa shape index (κ2) is 3.87. The third-order valence-corrected chi connectivity index (χ3v) is 3.84. The van der Waals surface area contributed by atoms with Crippen molar-refractivity contribution < 1.29 is 10.2 Å². The first-order chi connectivity index (χ1) is 9.75. The topological polar surface area (TPSA) is 40.5 Å². The van der Waals surface area contributed by atoms with Gasteiger partial charge in [-0.1, -0.05) is 48.5 Å². The summed E-state index contributed by atoms with van der Waals surface area (Å²) in [5.41, 5.74) is 0. The minimum Gasteiger partial charge on any atom is -0.504 e. The molecule has 0 heterocycles. The number of phenolic OH excluding ortho intramolecular Hbond substituents is 2. The Labute approximate surface area is 115 Å². The standard InChI is InChI=1S/C18H12O2/c19-17-9-15-13-7-3-1-5-11(13)12-6-2-4-8-14(12)16(15)10-18(17)20/h1-10,19-20H. The molecule has 0 spiro atoms. The lowest BCUT2D eigenvalue weighted by Gasteiger charge is -2.11. The number of rotatable bonds is 0. The van der Waals surface area contributed by atoms with Gasteiger partial charge < -0.3 is 10.2 Å². The van der Waals surface area contributed by atoms with Gasteiger partial charge in [-0.15, -0.1) is 0 Å². The fourth-order valence-electron chi connectivity index (χ4n) is 2.93. The summed E-state index contributed by atoms with van der Waals surface area (Å²) >= 11 is 0. The molecular formula is C18H12O2. The predicted octanol–water partition coefficient (Wildman–Crippen LogP) is 4.56. The van der Waals surface area contributed by atoms with Gasteiger partial charge in [0.05, 0.1) is 0 Å². The summed E-state index contributed by atoms with van der Waals surface area (Å²) in [6.45, 7) is 0. The number of phenols is 2. The lowest BCUT2D eigenvalue weighted by molar-refractivity contribution is 0.405. The maximum atomic E-state index is 9.80. The molecule has 20 heavy (non-hydrogen) atoms. The average Bonchev–Trinajstić information content (AvgIpc) is 2.49. The zero-order chi connectivity index (χ0) is 13.7. The highest BCUT2D eigenvalue weighted by atomic mass is 16.3. The van der Waals surface area contributed by atoms with Crippen LogP contribution >= 0.6 is 0 Å². The molecule has 96 valence electrons. The number of fused-ring (bicyclic) bond motifs is 6. The molecule has 4 rings (SSSR count). The lowest BCUT2D eigenvalue weighted by atomic mass is 9.94. The van der Waals surface area contributed by atoms with E-state index in [0.717, 1.165) is 32.3 Å². The molecule has 0 atom stereocenters. The van der Waals surface area contributed by atoms with Crippen LogP contribution in [0.15, 0.2) is 60.7 Å². The molecule has 0 amide bonds. The third-order valence-electron chi connectivity index (χ3n) is 3.84. The highest BCUT2D eigenvalue weighted by molar-refractivity contribution is 6.25. The Balaban J connectivity index is 2.42. The monoisotopic (exact) mass is 260 g/mol. The van der Waals surface area contributed by atoms with Gasteiger partial charge in [-0.25, -0.2) is 0 Å². The largest absolute Gasteiger partial charge is 0.504 e. The summed E-state index contributed by atoms with van der Waals surface area (Å²) in [6.07, 6.45) is 0. The zero-order valence-corrected chi connectivity index (χ0v) is 10.7. The van der Waals surface area contributed by atoms with Crippen LogP contribution in [0.25, 0.3) is 32.3 Å². The molecule has 2 N–H and O–H groups in total. The van der Waals surface area contributed by atoms with E-state index in [4.69, 9.17) is 0 Å². The molecular weight excluding hydrogens is 248 g/mol. The fourth-order valence-corrected chi connectivity index (χ4v) is 2.93. The van der Waals surface area contributed by atoms with Gasteiger partial charge in [0.25, 0.3) is 0 Å². The maximum Gasteiger partial charge on any atom is 0.158 e. The second-order valence-corrected chi connectivity index (χ2v) is 4.98. The molecule has 0 unspecified atom stereocenters. The Morgan fingerprint density at radius 3 is 1.10 bits per heavy atom. The molecule has 0 aliphatic heterocycles. The van der Waals surface area contributed by atoms with Crippen molar-refractivity contribution in [1.82, 2.24) is 0 Å². The summed E-state index contributed by atoms with van der Waals surface area (Å²) in [5, 5.41) is 26.0. The maximum absolute atomic E-state index is 9.80. The van der Waals surface area contributed by atoms with Crippen LogP contribution in [0.3, 0.4) is 0 Å². The number of hydrogen-bond acceptors (Lipinski definition) is 2. The van der Waals surface area contributed by atoms with E-state index in [-0.39, 0.29) is 11.5 Å². The molecule has 0 aliphatic carbocycles. The van der Waals surface area contributed by atoms with E-state index >= 15 is 0 Å². The molecule has 0 saturated carbocycles. The predicted molar refractivity (Wildman–Crippen MR) is 82.3 cm³/mol. The van der Waals surface area contributed by atoms with Crippen LogP contribution in [0, 0.1) is 0 Å². The van der Waals surface area contributed by atoms with Crippen LogP contribution in [0.2, 0.25) is 0 Å². The van der Waals surface area contributed by atoms with E-state index in [1.165, 1.54) is 0 Å².